The second-order valence-corrected chi connectivity index (χ2v) is 17.5. The van der Waals surface area contributed by atoms with Gasteiger partial charge in [0.2, 0.25) is 31.5 Å². The van der Waals surface area contributed by atoms with E-state index in [0.717, 1.165) is 97.6 Å². The molecule has 23 heteroatoms. The molecule has 0 spiro atoms. The van der Waals surface area contributed by atoms with Crippen molar-refractivity contribution in [3.63, 3.8) is 0 Å². The molecule has 0 saturated carbocycles. The van der Waals surface area contributed by atoms with E-state index < -0.39 is 19.3 Å². The highest BCUT2D eigenvalue weighted by Gasteiger charge is 2.27. The van der Waals surface area contributed by atoms with Crippen LogP contribution in [0.3, 0.4) is 0 Å². The molecule has 0 rings (SSSR count). The van der Waals surface area contributed by atoms with E-state index in [0.29, 0.717) is 56.3 Å². The minimum Gasteiger partial charge on any atom is -0.907 e. The molecular weight excluding hydrogens is 977 g/mol. The molecule has 0 aliphatic carbocycles. The van der Waals surface area contributed by atoms with E-state index in [1.54, 1.807) is 0 Å². The molecule has 0 aromatic carbocycles. The number of aliphatic carboxylic acids is 2. The van der Waals surface area contributed by atoms with Gasteiger partial charge < -0.3 is 58.6 Å². The minimum absolute atomic E-state index is 0.0603. The number of carboxylic acid groups (broad SMARTS) is 2. The number of hydrogen-bond acceptors (Lipinski definition) is 17. The lowest BCUT2D eigenvalue weighted by Gasteiger charge is -2.35. The largest absolute Gasteiger partial charge is 0.907 e. The van der Waals surface area contributed by atoms with Gasteiger partial charge in [-0.1, -0.05) is 34.6 Å². The topological polar surface area (TPSA) is 242 Å². The van der Waals surface area contributed by atoms with Crippen molar-refractivity contribution in [1.82, 2.24) is 0 Å². The van der Waals surface area contributed by atoms with Crippen molar-refractivity contribution >= 4 is 19.3 Å². The summed E-state index contributed by atoms with van der Waals surface area (Å²) in [6.07, 6.45) is 4.22. The second-order valence-electron chi connectivity index (χ2n) is 17.5. The van der Waals surface area contributed by atoms with Crippen LogP contribution in [0.4, 0.5) is 0 Å². The zero-order chi connectivity index (χ0) is 60.3. The van der Waals surface area contributed by atoms with Gasteiger partial charge in [0.25, 0.3) is 0 Å². The number of carbonyl (C=O) groups excluding carboxylic acids is 2. The van der Waals surface area contributed by atoms with Crippen LogP contribution in [0.2, 0.25) is 0 Å². The van der Waals surface area contributed by atoms with Crippen LogP contribution in [-0.4, -0.2) is 208 Å². The summed E-state index contributed by atoms with van der Waals surface area (Å²) >= 11 is 0. The first-order chi connectivity index (χ1) is 34.9. The van der Waals surface area contributed by atoms with E-state index in [-0.39, 0.29) is 31.5 Å². The fourth-order valence-electron chi connectivity index (χ4n) is 5.33. The van der Waals surface area contributed by atoms with E-state index in [9.17, 15) is 0 Å². The van der Waals surface area contributed by atoms with Gasteiger partial charge in [0.05, 0.1) is 47.2 Å². The van der Waals surface area contributed by atoms with Gasteiger partial charge in [-0.15, -0.1) is 0 Å². The van der Waals surface area contributed by atoms with E-state index in [1.165, 1.54) is 0 Å². The number of rotatable bonds is 35. The highest BCUT2D eigenvalue weighted by molar-refractivity contribution is 6.25. The Kier molecular flexibility index (Phi) is 63.0. The fourth-order valence-corrected chi connectivity index (χ4v) is 5.33. The Hall–Kier alpha value is -1.72. The first-order valence-electron chi connectivity index (χ1n) is 28.1. The summed E-state index contributed by atoms with van der Waals surface area (Å²) < 4.78 is 30.4. The third kappa shape index (κ3) is 52.7. The Morgan fingerprint density at radius 1 is 0.307 bits per heavy atom. The number of ether oxygens (including phenoxy) is 5. The first kappa shape index (κ1) is 87.2. The number of carboxylic acids is 2. The predicted molar refractivity (Wildman–Crippen MR) is 286 cm³/mol. The summed E-state index contributed by atoms with van der Waals surface area (Å²) in [4.78, 5) is 47.1. The van der Waals surface area contributed by atoms with Gasteiger partial charge in [-0.25, -0.2) is 0 Å². The van der Waals surface area contributed by atoms with Crippen LogP contribution in [0.25, 0.3) is 0 Å². The average molecular weight is 1100 g/mol. The molecule has 0 aliphatic rings. The Labute approximate surface area is 459 Å². The maximum Gasteiger partial charge on any atom is 0.215 e. The zero-order valence-corrected chi connectivity index (χ0v) is 52.8. The molecule has 0 heterocycles. The molecular formula is C52H120BN5O17. The highest BCUT2D eigenvalue weighted by Crippen LogP contribution is 2.14. The van der Waals surface area contributed by atoms with Gasteiger partial charge in [0.15, 0.2) is 0 Å². The normalized spacial score (nSPS) is 13.5. The molecule has 0 saturated heterocycles. The van der Waals surface area contributed by atoms with E-state index in [1.807, 2.05) is 34.6 Å². The molecule has 0 aliphatic heterocycles. The van der Waals surface area contributed by atoms with Crippen LogP contribution in [0, 0.1) is 0 Å². The maximum absolute atomic E-state index is 8.93. The Bertz CT molecular complexity index is 1030. The molecule has 22 nitrogen and oxygen atoms in total. The summed E-state index contributed by atoms with van der Waals surface area (Å²) in [6.45, 7) is 54.9. The molecule has 0 aromatic rings. The monoisotopic (exact) mass is 1100 g/mol. The van der Waals surface area contributed by atoms with Crippen LogP contribution >= 0.6 is 0 Å². The molecule has 0 radical (unpaired) electrons. The molecule has 0 amide bonds. The van der Waals surface area contributed by atoms with E-state index in [4.69, 9.17) is 82.7 Å². The number of carbonyl (C=O) groups is 2. The Balaban J connectivity index is -0.000000147. The van der Waals surface area contributed by atoms with Crippen LogP contribution in [0.5, 0.6) is 0 Å². The number of quaternary nitrogens is 5. The molecule has 5 unspecified atom stereocenters. The quantitative estimate of drug-likeness (QED) is 0.0290. The van der Waals surface area contributed by atoms with Gasteiger partial charge in [0, 0.05) is 65.1 Å². The summed E-state index contributed by atoms with van der Waals surface area (Å²) in [5.41, 5.74) is 0. The lowest BCUT2D eigenvalue weighted by molar-refractivity contribution is -1.10. The van der Waals surface area contributed by atoms with Gasteiger partial charge in [0.1, 0.15) is 65.4 Å². The van der Waals surface area contributed by atoms with Crippen molar-refractivity contribution in [3.05, 3.63) is 0 Å². The Morgan fingerprint density at radius 2 is 0.413 bits per heavy atom. The third-order valence-corrected chi connectivity index (χ3v) is 12.1. The zero-order valence-electron chi connectivity index (χ0n) is 52.8. The molecule has 0 bridgehead atoms. The van der Waals surface area contributed by atoms with Gasteiger partial charge in [-0.3, -0.25) is 7.32 Å². The molecule has 0 N–H and O–H groups in total. The van der Waals surface area contributed by atoms with Crippen LogP contribution in [0.15, 0.2) is 0 Å². The van der Waals surface area contributed by atoms with Crippen molar-refractivity contribution in [1.29, 1.82) is 0 Å². The number of hydrogen-bond donors (Lipinski definition) is 0. The van der Waals surface area contributed by atoms with Crippen LogP contribution in [0.1, 0.15) is 171 Å². The molecule has 0 fully saturated rings. The van der Waals surface area contributed by atoms with Crippen molar-refractivity contribution in [2.75, 3.05) is 134 Å². The predicted octanol–water partition coefficient (Wildman–Crippen LogP) is 3.42. The summed E-state index contributed by atoms with van der Waals surface area (Å²) in [5, 5.41) is 43.1. The maximum atomic E-state index is 8.93. The van der Waals surface area contributed by atoms with Crippen molar-refractivity contribution in [3.8, 4) is 0 Å². The third-order valence-electron chi connectivity index (χ3n) is 12.1. The smallest absolute Gasteiger partial charge is 0.215 e. The van der Waals surface area contributed by atoms with Gasteiger partial charge >= 0.3 is 0 Å². The fraction of sp³-hybridized carbons (Fsp3) is 0.962. The Morgan fingerprint density at radius 3 is 0.467 bits per heavy atom. The summed E-state index contributed by atoms with van der Waals surface area (Å²) in [5.74, 6) is -4.37. The molecule has 5 atom stereocenters. The molecule has 0 aromatic heterocycles. The highest BCUT2D eigenvalue weighted by atomic mass is 16.8. The van der Waals surface area contributed by atoms with E-state index in [2.05, 4.69) is 139 Å². The summed E-state index contributed by atoms with van der Waals surface area (Å²) in [6, 6.07) is 0. The number of hydroxylamine groups is 15. The average Bonchev–Trinajstić information content (AvgIpc) is 3.40. The summed E-state index contributed by atoms with van der Waals surface area (Å²) in [7, 11) is 7.51. The van der Waals surface area contributed by atoms with Gasteiger partial charge in [-0.05, 0) is 104 Å². The van der Waals surface area contributed by atoms with Crippen LogP contribution < -0.4 is 25.3 Å². The first-order valence-corrected chi connectivity index (χ1v) is 28.1. The standard InChI is InChI=1S/5C10H24NO2.C2H2O4.BO3/c5*1-6-10(12-9-4)13-11(5,7-2)8-3;3-1(4)2(5)6;2-1(3)4/h5*10H,6-9H2,1-5H3;(H,3,4)(H,5,6);/q5*+1;;-3/p-2. The lowest BCUT2D eigenvalue weighted by Crippen LogP contribution is -2.56. The number of nitrogens with zero attached hydrogens (tertiary/aromatic N) is 5. The SMILES string of the molecule is CCOC(CC)O[N+](C)(CC)CC.CCOC(CC)O[N+](C)(CC)CC.CCOC(CC)O[N+](C)(CC)CC.CCOC(CC)O[N+](C)(CC)CC.CCOC(CC)O[N+](C)(CC)CC.O=C([O-])C(=O)[O-].[O-]B([O-])[O-]. The van der Waals surface area contributed by atoms with E-state index >= 15 is 0 Å². The van der Waals surface area contributed by atoms with Crippen molar-refractivity contribution < 1.29 is 106 Å². The minimum atomic E-state index is -2.92. The van der Waals surface area contributed by atoms with Crippen LogP contribution in [-0.2, 0) is 57.5 Å². The second kappa shape index (κ2) is 54.3. The van der Waals surface area contributed by atoms with Crippen molar-refractivity contribution in [2.24, 2.45) is 0 Å². The lowest BCUT2D eigenvalue weighted by atomic mass is 10.3. The molecule has 75 heavy (non-hydrogen) atoms. The van der Waals surface area contributed by atoms with Gasteiger partial charge in [-0.2, -0.15) is 47.4 Å². The van der Waals surface area contributed by atoms with Crippen molar-refractivity contribution in [2.45, 2.75) is 202 Å². The molecule has 458 valence electrons.